The van der Waals surface area contributed by atoms with Crippen molar-refractivity contribution < 1.29 is 33.6 Å². The van der Waals surface area contributed by atoms with Crippen LogP contribution in [0.1, 0.15) is 11.1 Å². The fourth-order valence-corrected chi connectivity index (χ4v) is 7.93. The van der Waals surface area contributed by atoms with Gasteiger partial charge in [-0.15, -0.1) is 0 Å². The number of amides is 4. The highest BCUT2D eigenvalue weighted by Crippen LogP contribution is 2.65. The van der Waals surface area contributed by atoms with Gasteiger partial charge in [0.25, 0.3) is 11.8 Å². The van der Waals surface area contributed by atoms with E-state index in [0.717, 1.165) is 20.1 Å². The number of hydrogen-bond donors (Lipinski definition) is 0. The van der Waals surface area contributed by atoms with E-state index in [1.54, 1.807) is 121 Å². The van der Waals surface area contributed by atoms with Gasteiger partial charge in [0.1, 0.15) is 11.8 Å². The number of rotatable bonds is 4. The van der Waals surface area contributed by atoms with Gasteiger partial charge in [-0.1, -0.05) is 107 Å². The Morgan fingerprint density at radius 1 is 0.435 bits per heavy atom. The van der Waals surface area contributed by atoms with Crippen LogP contribution < -0.4 is 9.80 Å². The second-order valence-electron chi connectivity index (χ2n) is 11.8. The first-order valence-electron chi connectivity index (χ1n) is 14.9. The molecule has 46 heavy (non-hydrogen) atoms. The lowest BCUT2D eigenvalue weighted by atomic mass is 9.64. The van der Waals surface area contributed by atoms with Crippen molar-refractivity contribution in [1.82, 2.24) is 10.3 Å². The fraction of sp³-hybridized carbons (Fsp3) is 0.171. The smallest absolute Gasteiger partial charge is 0.266 e. The van der Waals surface area contributed by atoms with Crippen LogP contribution in [0, 0.1) is 11.8 Å². The van der Waals surface area contributed by atoms with Crippen molar-refractivity contribution in [2.75, 3.05) is 9.80 Å². The molecule has 4 aromatic carbocycles. The predicted octanol–water partition coefficient (Wildman–Crippen LogP) is 2.89. The summed E-state index contributed by atoms with van der Waals surface area (Å²) in [5, 5.41) is 2.30. The van der Waals surface area contributed by atoms with Crippen LogP contribution in [0.2, 0.25) is 0 Å². The van der Waals surface area contributed by atoms with E-state index in [9.17, 15) is 19.2 Å². The number of hydroxylamine groups is 2. The van der Waals surface area contributed by atoms with Crippen LogP contribution >= 0.6 is 0 Å². The average Bonchev–Trinajstić information content (AvgIpc) is 3.82. The Morgan fingerprint density at radius 3 is 1.11 bits per heavy atom. The van der Waals surface area contributed by atoms with Gasteiger partial charge in [0.05, 0.1) is 11.4 Å². The number of Topliss-reactive ketones (excluding diaryl/α,β-unsaturated/α-hetero) is 1. The highest BCUT2D eigenvalue weighted by molar-refractivity contribution is 6.28. The van der Waals surface area contributed by atoms with Gasteiger partial charge in [0.15, 0.2) is 29.1 Å². The molecule has 5 aliphatic rings. The molecule has 11 heteroatoms. The molecule has 5 saturated heterocycles. The lowest BCUT2D eigenvalue weighted by molar-refractivity contribution is -0.407. The molecule has 0 spiro atoms. The van der Waals surface area contributed by atoms with E-state index in [2.05, 4.69) is 0 Å². The van der Waals surface area contributed by atoms with Crippen molar-refractivity contribution in [3.63, 3.8) is 0 Å². The number of ketones is 1. The molecule has 6 unspecified atom stereocenters. The molecule has 6 atom stereocenters. The number of imide groups is 2. The second-order valence-corrected chi connectivity index (χ2v) is 11.8. The molecule has 4 aromatic rings. The normalized spacial score (nSPS) is 31.9. The third-order valence-electron chi connectivity index (χ3n) is 9.75. The van der Waals surface area contributed by atoms with Crippen LogP contribution in [0.15, 0.2) is 121 Å². The number of carbonyl (C=O) groups is 5. The zero-order valence-corrected chi connectivity index (χ0v) is 24.0. The number of para-hydroxylation sites is 2. The minimum Gasteiger partial charge on any atom is -0.294 e. The summed E-state index contributed by atoms with van der Waals surface area (Å²) in [6.45, 7) is 0. The maximum atomic E-state index is 15.8. The van der Waals surface area contributed by atoms with Gasteiger partial charge in [-0.3, -0.25) is 33.6 Å². The maximum Gasteiger partial charge on any atom is 0.266 e. The van der Waals surface area contributed by atoms with Crippen molar-refractivity contribution >= 4 is 40.8 Å². The summed E-state index contributed by atoms with van der Waals surface area (Å²) in [7, 11) is 0. The lowest BCUT2D eigenvalue weighted by Crippen LogP contribution is -2.54. The van der Waals surface area contributed by atoms with E-state index in [1.165, 1.54) is 0 Å². The minimum absolute atomic E-state index is 0.348. The zero-order chi connectivity index (χ0) is 31.4. The van der Waals surface area contributed by atoms with E-state index >= 15 is 4.79 Å². The van der Waals surface area contributed by atoms with Crippen LogP contribution in [-0.4, -0.2) is 52.0 Å². The molecule has 9 rings (SSSR count). The summed E-state index contributed by atoms with van der Waals surface area (Å²) in [6, 6.07) is 34.1. The Bertz CT molecular complexity index is 1820. The molecule has 0 aromatic heterocycles. The first-order chi connectivity index (χ1) is 22.4. The van der Waals surface area contributed by atoms with E-state index in [-0.39, 0.29) is 0 Å². The third-order valence-corrected chi connectivity index (χ3v) is 9.75. The molecule has 0 bridgehead atoms. The topological polar surface area (TPSA) is 117 Å². The summed E-state index contributed by atoms with van der Waals surface area (Å²) in [5.41, 5.74) is -2.39. The summed E-state index contributed by atoms with van der Waals surface area (Å²) in [5.74, 6) is -5.79. The van der Waals surface area contributed by atoms with Gasteiger partial charge < -0.3 is 0 Å². The van der Waals surface area contributed by atoms with E-state index in [1.807, 2.05) is 0 Å². The number of carbonyl (C=O) groups excluding carboxylic acids is 5. The van der Waals surface area contributed by atoms with Crippen molar-refractivity contribution in [1.29, 1.82) is 0 Å². The van der Waals surface area contributed by atoms with Crippen LogP contribution in [0.25, 0.3) is 0 Å². The van der Waals surface area contributed by atoms with Crippen LogP contribution in [0.4, 0.5) is 11.4 Å². The van der Waals surface area contributed by atoms with Crippen LogP contribution in [-0.2, 0) is 44.7 Å². The summed E-state index contributed by atoms with van der Waals surface area (Å²) in [4.78, 5) is 87.3. The van der Waals surface area contributed by atoms with E-state index in [4.69, 9.17) is 9.68 Å². The van der Waals surface area contributed by atoms with Crippen molar-refractivity contribution in [2.45, 2.75) is 23.3 Å². The first-order valence-corrected chi connectivity index (χ1v) is 14.9. The summed E-state index contributed by atoms with van der Waals surface area (Å²) in [6.07, 6.45) is -2.75. The lowest BCUT2D eigenvalue weighted by Gasteiger charge is -2.34. The van der Waals surface area contributed by atoms with Gasteiger partial charge in [0, 0.05) is 0 Å². The van der Waals surface area contributed by atoms with Crippen molar-refractivity contribution in [3.8, 4) is 0 Å². The number of anilines is 2. The molecule has 5 aliphatic heterocycles. The number of hydrazine groups is 1. The summed E-state index contributed by atoms with van der Waals surface area (Å²) >= 11 is 0. The standard InChI is InChI=1S/C35H24N4O7/c40-29-25-27(31(42)36(29)23-17-9-3-10-18-23)45-38-34(25,21-13-5-1-6-14-21)33(44)35(22-15-7-2-8-16-22)26-28(46-39(35)38)32(43)37(30(26)41)24-19-11-4-12-20-24/h1-20,25-28H. The van der Waals surface area contributed by atoms with Crippen LogP contribution in [0.5, 0.6) is 0 Å². The van der Waals surface area contributed by atoms with E-state index in [0.29, 0.717) is 22.5 Å². The molecule has 0 aliphatic carbocycles. The largest absolute Gasteiger partial charge is 0.294 e. The minimum atomic E-state index is -1.92. The third kappa shape index (κ3) is 3.03. The van der Waals surface area contributed by atoms with Crippen molar-refractivity contribution in [3.05, 3.63) is 132 Å². The molecule has 0 N–H and O–H groups in total. The predicted molar refractivity (Wildman–Crippen MR) is 160 cm³/mol. The summed E-state index contributed by atoms with van der Waals surface area (Å²) < 4.78 is 0. The van der Waals surface area contributed by atoms with Crippen molar-refractivity contribution in [2.24, 2.45) is 11.8 Å². The molecule has 0 saturated carbocycles. The van der Waals surface area contributed by atoms with Gasteiger partial charge in [-0.05, 0) is 35.4 Å². The maximum absolute atomic E-state index is 15.8. The molecule has 5 heterocycles. The molecule has 0 radical (unpaired) electrons. The van der Waals surface area contributed by atoms with Gasteiger partial charge >= 0.3 is 0 Å². The number of fused-ring (bicyclic) bond motifs is 7. The van der Waals surface area contributed by atoms with Gasteiger partial charge in [0.2, 0.25) is 11.8 Å². The molecular formula is C35H24N4O7. The Balaban J connectivity index is 1.27. The Hall–Kier alpha value is -5.33. The molecule has 4 amide bonds. The number of hydrogen-bond acceptors (Lipinski definition) is 9. The molecular weight excluding hydrogens is 588 g/mol. The van der Waals surface area contributed by atoms with Gasteiger partial charge in [-0.25, -0.2) is 9.80 Å². The Kier molecular flexibility index (Phi) is 5.49. The first kappa shape index (κ1) is 27.0. The quantitative estimate of drug-likeness (QED) is 0.321. The van der Waals surface area contributed by atoms with Crippen LogP contribution in [0.3, 0.4) is 0 Å². The Labute approximate surface area is 262 Å². The highest BCUT2D eigenvalue weighted by Gasteiger charge is 2.86. The SMILES string of the molecule is O=C1C2ON3N4OC5C(=O)N(c6ccccc6)C(=O)C5C4(c4ccccc4)C(=O)C3(c3ccccc3)C2C(=O)N1c1ccccc1. The monoisotopic (exact) mass is 612 g/mol. The highest BCUT2D eigenvalue weighted by atomic mass is 16.9. The zero-order valence-electron chi connectivity index (χ0n) is 24.0. The molecule has 226 valence electrons. The molecule has 5 fully saturated rings. The number of nitrogens with zero attached hydrogens (tertiary/aromatic N) is 4. The fourth-order valence-electron chi connectivity index (χ4n) is 7.93. The molecule has 11 nitrogen and oxygen atoms in total. The van der Waals surface area contributed by atoms with E-state index < -0.39 is 64.5 Å². The number of benzene rings is 4. The average molecular weight is 613 g/mol. The Morgan fingerprint density at radius 2 is 0.761 bits per heavy atom. The second kappa shape index (κ2) is 9.35. The van der Waals surface area contributed by atoms with Gasteiger partial charge in [-0.2, -0.15) is 0 Å².